The SMILES string of the molecule is C=C/C=C\C(=C)C.CC.CF. The summed E-state index contributed by atoms with van der Waals surface area (Å²) in [5.74, 6) is 0. The van der Waals surface area contributed by atoms with E-state index < -0.39 is 0 Å². The Balaban J connectivity index is -0.000000138. The summed E-state index contributed by atoms with van der Waals surface area (Å²) in [6.45, 7) is 13.1. The van der Waals surface area contributed by atoms with Crippen LogP contribution >= 0.6 is 0 Å². The maximum Gasteiger partial charge on any atom is 0.0785 e. The van der Waals surface area contributed by atoms with Crippen LogP contribution in [0.4, 0.5) is 4.39 Å². The Morgan fingerprint density at radius 3 is 1.73 bits per heavy atom. The molecular weight excluding hydrogens is 139 g/mol. The highest BCUT2D eigenvalue weighted by Gasteiger charge is 1.65. The van der Waals surface area contributed by atoms with Crippen LogP contribution in [0.15, 0.2) is 37.0 Å². The van der Waals surface area contributed by atoms with E-state index in [1.54, 1.807) is 6.08 Å². The molecule has 0 aliphatic rings. The molecule has 0 unspecified atom stereocenters. The molecule has 0 amide bonds. The molecule has 0 aliphatic carbocycles. The van der Waals surface area contributed by atoms with Crippen LogP contribution in [0.2, 0.25) is 0 Å². The highest BCUT2D eigenvalue weighted by molar-refractivity contribution is 5.15. The first kappa shape index (κ1) is 16.6. The minimum atomic E-state index is 0.500. The van der Waals surface area contributed by atoms with Crippen LogP contribution in [0.25, 0.3) is 0 Å². The van der Waals surface area contributed by atoms with Gasteiger partial charge in [0, 0.05) is 0 Å². The molecule has 11 heavy (non-hydrogen) atoms. The first-order valence-corrected chi connectivity index (χ1v) is 3.60. The van der Waals surface area contributed by atoms with Crippen molar-refractivity contribution >= 4 is 0 Å². The second kappa shape index (κ2) is 22.9. The minimum Gasteiger partial charge on any atom is -0.255 e. The smallest absolute Gasteiger partial charge is 0.0785 e. The number of halogens is 1. The van der Waals surface area contributed by atoms with Gasteiger partial charge in [0.1, 0.15) is 0 Å². The van der Waals surface area contributed by atoms with Crippen molar-refractivity contribution in [2.75, 3.05) is 7.18 Å². The summed E-state index contributed by atoms with van der Waals surface area (Å²) in [6.07, 6.45) is 5.50. The number of rotatable bonds is 2. The fraction of sp³-hybridized carbons (Fsp3) is 0.400. The van der Waals surface area contributed by atoms with Gasteiger partial charge in [0.25, 0.3) is 0 Å². The minimum absolute atomic E-state index is 0.500. The Bertz CT molecular complexity index is 101. The van der Waals surface area contributed by atoms with Gasteiger partial charge in [0.15, 0.2) is 0 Å². The van der Waals surface area contributed by atoms with E-state index in [2.05, 4.69) is 13.2 Å². The Kier molecular flexibility index (Phi) is 34.6. The normalized spacial score (nSPS) is 7.00. The Labute approximate surface area is 70.1 Å². The van der Waals surface area contributed by atoms with Gasteiger partial charge < -0.3 is 0 Å². The maximum atomic E-state index is 9.50. The first-order valence-electron chi connectivity index (χ1n) is 3.60. The van der Waals surface area contributed by atoms with Crippen LogP contribution in [0.1, 0.15) is 20.8 Å². The third-order valence-corrected chi connectivity index (χ3v) is 0.517. The third kappa shape index (κ3) is 47.1. The zero-order valence-corrected chi connectivity index (χ0v) is 8.02. The van der Waals surface area contributed by atoms with Crippen molar-refractivity contribution in [1.29, 1.82) is 0 Å². The molecule has 0 aromatic heterocycles. The lowest BCUT2D eigenvalue weighted by atomic mass is 10.3. The number of hydrogen-bond acceptors (Lipinski definition) is 0. The van der Waals surface area contributed by atoms with Gasteiger partial charge in [0.2, 0.25) is 0 Å². The van der Waals surface area contributed by atoms with E-state index in [-0.39, 0.29) is 0 Å². The van der Waals surface area contributed by atoms with Gasteiger partial charge in [0.05, 0.1) is 7.18 Å². The predicted octanol–water partition coefficient (Wildman–Crippen LogP) is 3.92. The van der Waals surface area contributed by atoms with Crippen molar-refractivity contribution in [1.82, 2.24) is 0 Å². The van der Waals surface area contributed by atoms with E-state index in [0.29, 0.717) is 7.18 Å². The molecule has 0 rings (SSSR count). The molecule has 0 aromatic rings. The van der Waals surface area contributed by atoms with E-state index in [1.165, 1.54) is 0 Å². The second-order valence-corrected chi connectivity index (χ2v) is 1.44. The molecule has 1 heteroatoms. The summed E-state index contributed by atoms with van der Waals surface area (Å²) in [6, 6.07) is 0. The molecule has 0 atom stereocenters. The molecule has 0 N–H and O–H groups in total. The quantitative estimate of drug-likeness (QED) is 0.534. The van der Waals surface area contributed by atoms with Gasteiger partial charge in [-0.1, -0.05) is 50.8 Å². The number of alkyl halides is 1. The van der Waals surface area contributed by atoms with Crippen LogP contribution in [-0.2, 0) is 0 Å². The largest absolute Gasteiger partial charge is 0.255 e. The summed E-state index contributed by atoms with van der Waals surface area (Å²) in [5, 5.41) is 0. The van der Waals surface area contributed by atoms with Crippen molar-refractivity contribution in [3.63, 3.8) is 0 Å². The van der Waals surface area contributed by atoms with E-state index >= 15 is 0 Å². The van der Waals surface area contributed by atoms with Crippen molar-refractivity contribution < 1.29 is 4.39 Å². The lowest BCUT2D eigenvalue weighted by Crippen LogP contribution is -1.55. The summed E-state index contributed by atoms with van der Waals surface area (Å²) < 4.78 is 9.50. The maximum absolute atomic E-state index is 9.50. The van der Waals surface area contributed by atoms with E-state index in [9.17, 15) is 4.39 Å². The van der Waals surface area contributed by atoms with Crippen LogP contribution in [0.5, 0.6) is 0 Å². The zero-order valence-electron chi connectivity index (χ0n) is 8.02. The van der Waals surface area contributed by atoms with Gasteiger partial charge in [-0.3, -0.25) is 4.39 Å². The Morgan fingerprint density at radius 1 is 1.27 bits per heavy atom. The molecular formula is C10H19F. The highest BCUT2D eigenvalue weighted by atomic mass is 19.1. The molecule has 0 spiro atoms. The molecule has 0 saturated heterocycles. The standard InChI is InChI=1S/C7H10.C2H6.CH3F/c1-4-5-6-7(2)3;2*1-2/h4-6H,1-2H2,3H3;1-2H3;1H3/b6-5-;;. The lowest BCUT2D eigenvalue weighted by molar-refractivity contribution is 0.636. The van der Waals surface area contributed by atoms with Crippen LogP contribution in [-0.4, -0.2) is 7.18 Å². The second-order valence-electron chi connectivity index (χ2n) is 1.44. The number of allylic oxidation sites excluding steroid dienone is 4. The topological polar surface area (TPSA) is 0 Å². The average molecular weight is 158 g/mol. The number of hydrogen-bond donors (Lipinski definition) is 0. The van der Waals surface area contributed by atoms with Crippen LogP contribution in [0.3, 0.4) is 0 Å². The molecule has 0 aliphatic heterocycles. The average Bonchev–Trinajstić information content (AvgIpc) is 2.08. The summed E-state index contributed by atoms with van der Waals surface area (Å²) >= 11 is 0. The molecule has 0 bridgehead atoms. The molecule has 66 valence electrons. The van der Waals surface area contributed by atoms with Gasteiger partial charge in [-0.2, -0.15) is 0 Å². The Morgan fingerprint density at radius 2 is 1.64 bits per heavy atom. The zero-order chi connectivity index (χ0) is 9.70. The summed E-state index contributed by atoms with van der Waals surface area (Å²) in [4.78, 5) is 0. The summed E-state index contributed by atoms with van der Waals surface area (Å²) in [5.41, 5.74) is 1.06. The predicted molar refractivity (Wildman–Crippen MR) is 52.5 cm³/mol. The fourth-order valence-corrected chi connectivity index (χ4v) is 0.232. The van der Waals surface area contributed by atoms with Crippen LogP contribution in [0, 0.1) is 0 Å². The van der Waals surface area contributed by atoms with Gasteiger partial charge >= 0.3 is 0 Å². The monoisotopic (exact) mass is 158 g/mol. The highest BCUT2D eigenvalue weighted by Crippen LogP contribution is 1.86. The molecule has 0 fully saturated rings. The summed E-state index contributed by atoms with van der Waals surface area (Å²) in [7, 11) is 0.500. The van der Waals surface area contributed by atoms with Crippen molar-refractivity contribution in [2.45, 2.75) is 20.8 Å². The van der Waals surface area contributed by atoms with Crippen molar-refractivity contribution in [3.05, 3.63) is 37.0 Å². The van der Waals surface area contributed by atoms with E-state index in [1.807, 2.05) is 32.9 Å². The molecule has 0 nitrogen and oxygen atoms in total. The molecule has 0 radical (unpaired) electrons. The first-order chi connectivity index (χ1) is 5.27. The molecule has 0 aromatic carbocycles. The van der Waals surface area contributed by atoms with Gasteiger partial charge in [-0.25, -0.2) is 0 Å². The van der Waals surface area contributed by atoms with Crippen molar-refractivity contribution in [2.24, 2.45) is 0 Å². The fourth-order valence-electron chi connectivity index (χ4n) is 0.232. The molecule has 0 saturated carbocycles. The van der Waals surface area contributed by atoms with Crippen LogP contribution < -0.4 is 0 Å². The molecule has 0 heterocycles. The third-order valence-electron chi connectivity index (χ3n) is 0.517. The lowest BCUT2D eigenvalue weighted by Gasteiger charge is -1.77. The van der Waals surface area contributed by atoms with Crippen molar-refractivity contribution in [3.8, 4) is 0 Å². The van der Waals surface area contributed by atoms with Gasteiger partial charge in [-0.15, -0.1) is 0 Å². The Hall–Kier alpha value is -0.850. The van der Waals surface area contributed by atoms with E-state index in [0.717, 1.165) is 5.57 Å². The van der Waals surface area contributed by atoms with Gasteiger partial charge in [-0.05, 0) is 6.92 Å². The van der Waals surface area contributed by atoms with E-state index in [4.69, 9.17) is 0 Å².